The molecule has 66 valence electrons. The van der Waals surface area contributed by atoms with Crippen molar-refractivity contribution in [1.82, 2.24) is 4.90 Å². The van der Waals surface area contributed by atoms with Crippen LogP contribution in [0.4, 0.5) is 0 Å². The van der Waals surface area contributed by atoms with Crippen molar-refractivity contribution >= 4 is 0 Å². The number of rotatable bonds is 4. The van der Waals surface area contributed by atoms with E-state index in [9.17, 15) is 5.11 Å². The fourth-order valence-corrected chi connectivity index (χ4v) is 1.35. The molecule has 1 saturated heterocycles. The Bertz CT molecular complexity index is 108. The van der Waals surface area contributed by atoms with Gasteiger partial charge in [0, 0.05) is 26.2 Å². The molecule has 0 radical (unpaired) electrons. The molecule has 0 bridgehead atoms. The van der Waals surface area contributed by atoms with Crippen LogP contribution in [0.3, 0.4) is 0 Å². The van der Waals surface area contributed by atoms with Crippen LogP contribution in [0.1, 0.15) is 13.3 Å². The third-order valence-corrected chi connectivity index (χ3v) is 2.00. The first-order chi connectivity index (χ1) is 5.33. The predicted octanol–water partition coefficient (Wildman–Crippen LogP) is 0.0895. The largest absolute Gasteiger partial charge is 0.392 e. The zero-order valence-electron chi connectivity index (χ0n) is 7.12. The fraction of sp³-hybridized carbons (Fsp3) is 1.00. The van der Waals surface area contributed by atoms with Crippen LogP contribution < -0.4 is 0 Å². The number of β-amino-alcohol motifs (C(OH)–C–C–N with tert-alkyl or cyclic N) is 1. The van der Waals surface area contributed by atoms with Crippen LogP contribution in [0.25, 0.3) is 0 Å². The molecule has 0 aromatic rings. The number of ether oxygens (including phenoxy) is 1. The maximum atomic E-state index is 9.17. The lowest BCUT2D eigenvalue weighted by Crippen LogP contribution is -2.26. The maximum absolute atomic E-state index is 9.17. The Labute approximate surface area is 68.0 Å². The summed E-state index contributed by atoms with van der Waals surface area (Å²) in [5.74, 6) is 0. The summed E-state index contributed by atoms with van der Waals surface area (Å²) in [6.45, 7) is 6.39. The average Bonchev–Trinajstić information content (AvgIpc) is 2.37. The predicted molar refractivity (Wildman–Crippen MR) is 43.6 cm³/mol. The topological polar surface area (TPSA) is 32.7 Å². The van der Waals surface area contributed by atoms with Crippen molar-refractivity contribution in [3.8, 4) is 0 Å². The van der Waals surface area contributed by atoms with E-state index in [1.165, 1.54) is 0 Å². The van der Waals surface area contributed by atoms with Crippen LogP contribution in [0.2, 0.25) is 0 Å². The van der Waals surface area contributed by atoms with Crippen molar-refractivity contribution in [2.75, 3.05) is 32.8 Å². The van der Waals surface area contributed by atoms with Gasteiger partial charge in [0.2, 0.25) is 0 Å². The van der Waals surface area contributed by atoms with E-state index >= 15 is 0 Å². The summed E-state index contributed by atoms with van der Waals surface area (Å²) in [5, 5.41) is 9.17. The third kappa shape index (κ3) is 3.18. The second kappa shape index (κ2) is 4.70. The summed E-state index contributed by atoms with van der Waals surface area (Å²) in [4.78, 5) is 2.24. The Kier molecular flexibility index (Phi) is 3.83. The van der Waals surface area contributed by atoms with Gasteiger partial charge in [-0.05, 0) is 13.3 Å². The highest BCUT2D eigenvalue weighted by molar-refractivity contribution is 4.73. The van der Waals surface area contributed by atoms with Crippen molar-refractivity contribution in [2.24, 2.45) is 0 Å². The third-order valence-electron chi connectivity index (χ3n) is 2.00. The molecular weight excluding hydrogens is 142 g/mol. The van der Waals surface area contributed by atoms with Crippen LogP contribution in [0.15, 0.2) is 0 Å². The van der Waals surface area contributed by atoms with Gasteiger partial charge < -0.3 is 9.84 Å². The van der Waals surface area contributed by atoms with Gasteiger partial charge in [0.1, 0.15) is 0 Å². The van der Waals surface area contributed by atoms with Crippen molar-refractivity contribution in [3.63, 3.8) is 0 Å². The Morgan fingerprint density at radius 2 is 2.45 bits per heavy atom. The van der Waals surface area contributed by atoms with E-state index in [1.54, 1.807) is 0 Å². The molecule has 0 aromatic carbocycles. The molecule has 1 aliphatic heterocycles. The van der Waals surface area contributed by atoms with Crippen molar-refractivity contribution in [2.45, 2.75) is 19.4 Å². The molecule has 3 nitrogen and oxygen atoms in total. The monoisotopic (exact) mass is 159 g/mol. The van der Waals surface area contributed by atoms with Crippen LogP contribution in [-0.2, 0) is 4.74 Å². The van der Waals surface area contributed by atoms with Gasteiger partial charge in [0.05, 0.1) is 12.7 Å². The number of likely N-dealkylation sites (tertiary alicyclic amines) is 1. The molecule has 3 heteroatoms. The standard InChI is InChI=1S/C8H17NO2/c1-2-11-6-5-9-4-3-8(10)7-9/h8,10H,2-7H2,1H3. The highest BCUT2D eigenvalue weighted by Gasteiger charge is 2.18. The van der Waals surface area contributed by atoms with E-state index in [4.69, 9.17) is 4.74 Å². The fourth-order valence-electron chi connectivity index (χ4n) is 1.35. The minimum Gasteiger partial charge on any atom is -0.392 e. The molecule has 0 saturated carbocycles. The molecule has 0 aliphatic carbocycles. The van der Waals surface area contributed by atoms with Crippen LogP contribution >= 0.6 is 0 Å². The van der Waals surface area contributed by atoms with Gasteiger partial charge in [0.25, 0.3) is 0 Å². The Morgan fingerprint density at radius 1 is 1.64 bits per heavy atom. The molecule has 1 heterocycles. The molecule has 0 aromatic heterocycles. The van der Waals surface area contributed by atoms with Gasteiger partial charge in [-0.25, -0.2) is 0 Å². The number of hydrogen-bond donors (Lipinski definition) is 1. The van der Waals surface area contributed by atoms with Gasteiger partial charge in [0.15, 0.2) is 0 Å². The van der Waals surface area contributed by atoms with Crippen LogP contribution in [0, 0.1) is 0 Å². The molecular formula is C8H17NO2. The van der Waals surface area contributed by atoms with E-state index < -0.39 is 0 Å². The lowest BCUT2D eigenvalue weighted by Gasteiger charge is -2.13. The lowest BCUT2D eigenvalue weighted by atomic mass is 10.3. The SMILES string of the molecule is CCOCCN1CCC(O)C1. The van der Waals surface area contributed by atoms with E-state index in [1.807, 2.05) is 6.92 Å². The van der Waals surface area contributed by atoms with Crippen molar-refractivity contribution in [1.29, 1.82) is 0 Å². The van der Waals surface area contributed by atoms with E-state index in [0.29, 0.717) is 0 Å². The number of aliphatic hydroxyl groups excluding tert-OH is 1. The second-order valence-corrected chi connectivity index (χ2v) is 2.94. The van der Waals surface area contributed by atoms with Crippen LogP contribution in [-0.4, -0.2) is 49.0 Å². The highest BCUT2D eigenvalue weighted by atomic mass is 16.5. The van der Waals surface area contributed by atoms with Gasteiger partial charge >= 0.3 is 0 Å². The Morgan fingerprint density at radius 3 is 3.00 bits per heavy atom. The molecule has 11 heavy (non-hydrogen) atoms. The smallest absolute Gasteiger partial charge is 0.0679 e. The van der Waals surface area contributed by atoms with Crippen molar-refractivity contribution < 1.29 is 9.84 Å². The second-order valence-electron chi connectivity index (χ2n) is 2.94. The molecule has 1 rings (SSSR count). The lowest BCUT2D eigenvalue weighted by molar-refractivity contribution is 0.113. The summed E-state index contributed by atoms with van der Waals surface area (Å²) in [6, 6.07) is 0. The summed E-state index contributed by atoms with van der Waals surface area (Å²) in [5.41, 5.74) is 0. The molecule has 1 N–H and O–H groups in total. The first-order valence-corrected chi connectivity index (χ1v) is 4.31. The summed E-state index contributed by atoms with van der Waals surface area (Å²) in [6.07, 6.45) is 0.822. The quantitative estimate of drug-likeness (QED) is 0.590. The Balaban J connectivity index is 1.99. The molecule has 1 unspecified atom stereocenters. The minimum atomic E-state index is -0.100. The summed E-state index contributed by atoms with van der Waals surface area (Å²) < 4.78 is 5.21. The van der Waals surface area contributed by atoms with Gasteiger partial charge in [-0.1, -0.05) is 0 Å². The van der Waals surface area contributed by atoms with Crippen molar-refractivity contribution in [3.05, 3.63) is 0 Å². The molecule has 0 amide bonds. The first-order valence-electron chi connectivity index (χ1n) is 4.31. The zero-order chi connectivity index (χ0) is 8.10. The summed E-state index contributed by atoms with van der Waals surface area (Å²) >= 11 is 0. The van der Waals surface area contributed by atoms with Gasteiger partial charge in [-0.15, -0.1) is 0 Å². The molecule has 1 fully saturated rings. The average molecular weight is 159 g/mol. The number of hydrogen-bond acceptors (Lipinski definition) is 3. The van der Waals surface area contributed by atoms with E-state index in [-0.39, 0.29) is 6.10 Å². The number of nitrogens with zero attached hydrogens (tertiary/aromatic N) is 1. The Hall–Kier alpha value is -0.120. The molecule has 1 aliphatic rings. The molecule has 0 spiro atoms. The first kappa shape index (κ1) is 8.97. The molecule has 1 atom stereocenters. The normalized spacial score (nSPS) is 26.2. The minimum absolute atomic E-state index is 0.100. The van der Waals surface area contributed by atoms with Gasteiger partial charge in [-0.2, -0.15) is 0 Å². The highest BCUT2D eigenvalue weighted by Crippen LogP contribution is 2.07. The van der Waals surface area contributed by atoms with Gasteiger partial charge in [-0.3, -0.25) is 4.90 Å². The van der Waals surface area contributed by atoms with Crippen LogP contribution in [0.5, 0.6) is 0 Å². The van der Waals surface area contributed by atoms with E-state index in [2.05, 4.69) is 4.90 Å². The zero-order valence-corrected chi connectivity index (χ0v) is 7.12. The summed E-state index contributed by atoms with van der Waals surface area (Å²) in [7, 11) is 0. The number of aliphatic hydroxyl groups is 1. The maximum Gasteiger partial charge on any atom is 0.0679 e. The van der Waals surface area contributed by atoms with E-state index in [0.717, 1.165) is 39.3 Å².